The molecule has 4 N–H and O–H groups in total. The molecule has 6 amide bonds. The van der Waals surface area contributed by atoms with Gasteiger partial charge in [0.15, 0.2) is 0 Å². The average Bonchev–Trinajstić information content (AvgIpc) is 3.10. The van der Waals surface area contributed by atoms with Crippen molar-refractivity contribution in [3.05, 3.63) is 0 Å². The zero-order chi connectivity index (χ0) is 19.9. The Morgan fingerprint density at radius 1 is 0.808 bits per heavy atom. The lowest BCUT2D eigenvalue weighted by molar-refractivity contribution is -0.203. The van der Waals surface area contributed by atoms with Crippen LogP contribution in [0.25, 0.3) is 0 Å². The molecule has 2 saturated heterocycles. The highest BCUT2D eigenvalue weighted by atomic mass is 16.3. The summed E-state index contributed by atoms with van der Waals surface area (Å²) >= 11 is 0. The molecule has 144 valence electrons. The third-order valence-electron chi connectivity index (χ3n) is 3.34. The molecule has 12 nitrogen and oxygen atoms in total. The van der Waals surface area contributed by atoms with Crippen molar-refractivity contribution < 1.29 is 39.0 Å². The van der Waals surface area contributed by atoms with Crippen molar-refractivity contribution >= 4 is 35.4 Å². The van der Waals surface area contributed by atoms with Gasteiger partial charge in [0, 0.05) is 38.5 Å². The van der Waals surface area contributed by atoms with E-state index in [0.717, 1.165) is 0 Å². The van der Waals surface area contributed by atoms with Crippen molar-refractivity contribution in [2.75, 3.05) is 13.2 Å². The summed E-state index contributed by atoms with van der Waals surface area (Å²) in [5.74, 6) is -4.41. The van der Waals surface area contributed by atoms with E-state index in [4.69, 9.17) is 15.9 Å². The van der Waals surface area contributed by atoms with Crippen LogP contribution in [0.15, 0.2) is 0 Å². The maximum Gasteiger partial charge on any atom is 0.262 e. The predicted molar refractivity (Wildman–Crippen MR) is 81.6 cm³/mol. The van der Waals surface area contributed by atoms with Crippen LogP contribution in [0.2, 0.25) is 0 Å². The van der Waals surface area contributed by atoms with E-state index in [1.54, 1.807) is 0 Å². The van der Waals surface area contributed by atoms with Gasteiger partial charge in [-0.3, -0.25) is 28.8 Å². The third-order valence-corrected chi connectivity index (χ3v) is 3.34. The van der Waals surface area contributed by atoms with E-state index in [2.05, 4.69) is 0 Å². The van der Waals surface area contributed by atoms with Crippen molar-refractivity contribution in [2.24, 2.45) is 5.73 Å². The van der Waals surface area contributed by atoms with Crippen molar-refractivity contribution in [3.8, 4) is 0 Å². The minimum absolute atomic E-state index is 0.116. The highest BCUT2D eigenvalue weighted by Gasteiger charge is 2.45. The van der Waals surface area contributed by atoms with E-state index in [0.29, 0.717) is 15.1 Å². The number of carbonyl (C=O) groups excluding carboxylic acids is 6. The maximum absolute atomic E-state index is 12.2. The molecule has 2 aliphatic rings. The molecule has 12 heteroatoms. The molecule has 0 aromatic rings. The summed E-state index contributed by atoms with van der Waals surface area (Å²) in [7, 11) is 0. The molecule has 0 bridgehead atoms. The first-order chi connectivity index (χ1) is 12.2. The van der Waals surface area contributed by atoms with E-state index in [1.165, 1.54) is 0 Å². The number of aliphatic hydroxyl groups is 2. The molecular weight excluding hydrogens is 352 g/mol. The molecule has 2 fully saturated rings. The fourth-order valence-electron chi connectivity index (χ4n) is 2.19. The number of hydrogen-bond donors (Lipinski definition) is 3. The van der Waals surface area contributed by atoms with Crippen LogP contribution in [0.3, 0.4) is 0 Å². The summed E-state index contributed by atoms with van der Waals surface area (Å²) < 4.78 is 0. The Bertz CT molecular complexity index is 550. The molecule has 2 heterocycles. The Labute approximate surface area is 148 Å². The Balaban J connectivity index is 0.000000765. The summed E-state index contributed by atoms with van der Waals surface area (Å²) in [5, 5.41) is 16.7. The Kier molecular flexibility index (Phi) is 7.80. The van der Waals surface area contributed by atoms with Crippen LogP contribution < -0.4 is 5.73 Å². The van der Waals surface area contributed by atoms with Crippen molar-refractivity contribution in [2.45, 2.75) is 38.5 Å². The molecule has 0 unspecified atom stereocenters. The standard InChI is InChI=1S/C12H14N4O6.C2H6O2/c13-7(17)1-2-12(22)16(14-8(18)3-4-9(14)19)15-10(20)5-6-11(15)21;3-1-2-4/h1-6H2,(H2,13,17);3-4H,1-2H2. The Morgan fingerprint density at radius 2 is 1.15 bits per heavy atom. The predicted octanol–water partition coefficient (Wildman–Crippen LogP) is -2.82. The molecule has 26 heavy (non-hydrogen) atoms. The smallest absolute Gasteiger partial charge is 0.262 e. The largest absolute Gasteiger partial charge is 0.394 e. The fraction of sp³-hybridized carbons (Fsp3) is 0.571. The molecule has 0 atom stereocenters. The van der Waals surface area contributed by atoms with Gasteiger partial charge in [-0.25, -0.2) is 0 Å². The van der Waals surface area contributed by atoms with Gasteiger partial charge in [0.1, 0.15) is 0 Å². The van der Waals surface area contributed by atoms with Gasteiger partial charge in [-0.05, 0) is 0 Å². The minimum Gasteiger partial charge on any atom is -0.394 e. The first-order valence-corrected chi connectivity index (χ1v) is 7.79. The second-order valence-corrected chi connectivity index (χ2v) is 5.30. The zero-order valence-electron chi connectivity index (χ0n) is 13.9. The van der Waals surface area contributed by atoms with Crippen molar-refractivity contribution in [3.63, 3.8) is 0 Å². The van der Waals surface area contributed by atoms with Crippen molar-refractivity contribution in [1.29, 1.82) is 0 Å². The number of hydrogen-bond acceptors (Lipinski definition) is 8. The number of rotatable bonds is 6. The molecule has 0 aliphatic carbocycles. The van der Waals surface area contributed by atoms with Gasteiger partial charge < -0.3 is 15.9 Å². The molecule has 0 aromatic heterocycles. The summed E-state index contributed by atoms with van der Waals surface area (Å²) in [6, 6.07) is 0. The number of carbonyl (C=O) groups is 6. The number of amides is 6. The fourth-order valence-corrected chi connectivity index (χ4v) is 2.19. The highest BCUT2D eigenvalue weighted by Crippen LogP contribution is 2.23. The summed E-state index contributed by atoms with van der Waals surface area (Å²) in [6.07, 6.45) is -1.22. The Morgan fingerprint density at radius 3 is 1.42 bits per heavy atom. The van der Waals surface area contributed by atoms with Crippen LogP contribution >= 0.6 is 0 Å². The number of nitrogens with zero attached hydrogens (tertiary/aromatic N) is 3. The third kappa shape index (κ3) is 5.07. The van der Waals surface area contributed by atoms with Crippen LogP contribution in [0.5, 0.6) is 0 Å². The summed E-state index contributed by atoms with van der Waals surface area (Å²) in [6.45, 7) is -0.250. The van der Waals surface area contributed by atoms with Gasteiger partial charge in [0.2, 0.25) is 5.91 Å². The van der Waals surface area contributed by atoms with Crippen LogP contribution in [0.1, 0.15) is 38.5 Å². The zero-order valence-corrected chi connectivity index (χ0v) is 13.9. The van der Waals surface area contributed by atoms with Gasteiger partial charge in [0.25, 0.3) is 29.5 Å². The molecule has 0 spiro atoms. The lowest BCUT2D eigenvalue weighted by Crippen LogP contribution is -2.59. The number of hydrazine groups is 2. The lowest BCUT2D eigenvalue weighted by Gasteiger charge is -2.34. The van der Waals surface area contributed by atoms with E-state index in [-0.39, 0.29) is 45.3 Å². The second-order valence-electron chi connectivity index (χ2n) is 5.30. The SMILES string of the molecule is NC(=O)CCC(=O)N(N1C(=O)CCC1=O)N1C(=O)CCC1=O.OCCO. The molecule has 0 saturated carbocycles. The van der Waals surface area contributed by atoms with Crippen LogP contribution in [0.4, 0.5) is 0 Å². The van der Waals surface area contributed by atoms with E-state index in [9.17, 15) is 28.8 Å². The molecular formula is C14H20N4O8. The van der Waals surface area contributed by atoms with Crippen LogP contribution in [-0.4, -0.2) is 74.0 Å². The summed E-state index contributed by atoms with van der Waals surface area (Å²) in [5.41, 5.74) is 4.95. The average molecular weight is 372 g/mol. The monoisotopic (exact) mass is 372 g/mol. The van der Waals surface area contributed by atoms with E-state index in [1.807, 2.05) is 0 Å². The normalized spacial score (nSPS) is 16.7. The molecule has 2 rings (SSSR count). The number of primary amides is 1. The topological polar surface area (TPSA) is 179 Å². The minimum atomic E-state index is -0.897. The Hall–Kier alpha value is -2.86. The number of nitrogens with two attached hydrogens (primary N) is 1. The van der Waals surface area contributed by atoms with E-state index >= 15 is 0 Å². The molecule has 2 aliphatic heterocycles. The first-order valence-electron chi connectivity index (χ1n) is 7.79. The maximum atomic E-state index is 12.2. The van der Waals surface area contributed by atoms with Gasteiger partial charge >= 0.3 is 0 Å². The van der Waals surface area contributed by atoms with E-state index < -0.39 is 41.9 Å². The molecule has 0 aromatic carbocycles. The summed E-state index contributed by atoms with van der Waals surface area (Å²) in [4.78, 5) is 70.2. The van der Waals surface area contributed by atoms with Gasteiger partial charge in [-0.15, -0.1) is 5.12 Å². The number of aliphatic hydroxyl groups excluding tert-OH is 2. The first kappa shape index (κ1) is 21.2. The quantitative estimate of drug-likeness (QED) is 0.418. The van der Waals surface area contributed by atoms with Crippen LogP contribution in [0, 0.1) is 0 Å². The van der Waals surface area contributed by atoms with Crippen molar-refractivity contribution in [1.82, 2.24) is 15.1 Å². The van der Waals surface area contributed by atoms with Crippen LogP contribution in [-0.2, 0) is 28.8 Å². The van der Waals surface area contributed by atoms with Gasteiger partial charge in [-0.2, -0.15) is 10.0 Å². The lowest BCUT2D eigenvalue weighted by atomic mass is 10.3. The number of imide groups is 2. The highest BCUT2D eigenvalue weighted by molar-refractivity contribution is 6.07. The second kappa shape index (κ2) is 9.58. The van der Waals surface area contributed by atoms with Gasteiger partial charge in [0.05, 0.1) is 13.2 Å². The molecule has 0 radical (unpaired) electrons. The van der Waals surface area contributed by atoms with Gasteiger partial charge in [-0.1, -0.05) is 0 Å².